The molecule has 0 aliphatic carbocycles. The topological polar surface area (TPSA) is 46.2 Å². The molecule has 0 unspecified atom stereocenters. The molecular weight excluding hydrogens is 266 g/mol. The van der Waals surface area contributed by atoms with E-state index in [1.807, 2.05) is 13.2 Å². The summed E-state index contributed by atoms with van der Waals surface area (Å²) in [7, 11) is -3.42. The van der Waals surface area contributed by atoms with E-state index in [4.69, 9.17) is 11.6 Å². The summed E-state index contributed by atoms with van der Waals surface area (Å²) < 4.78 is 26.1. The zero-order valence-electron chi connectivity index (χ0n) is 9.16. The molecule has 0 aromatic heterocycles. The zero-order valence-corrected chi connectivity index (χ0v) is 11.5. The van der Waals surface area contributed by atoms with Gasteiger partial charge in [0.25, 0.3) is 0 Å². The Morgan fingerprint density at radius 3 is 2.69 bits per heavy atom. The molecule has 0 aliphatic heterocycles. The van der Waals surface area contributed by atoms with Crippen molar-refractivity contribution in [2.45, 2.75) is 11.8 Å². The van der Waals surface area contributed by atoms with E-state index >= 15 is 0 Å². The highest BCUT2D eigenvalue weighted by molar-refractivity contribution is 7.98. The van der Waals surface area contributed by atoms with Gasteiger partial charge in [-0.05, 0) is 30.9 Å². The van der Waals surface area contributed by atoms with E-state index in [0.29, 0.717) is 11.6 Å². The second-order valence-corrected chi connectivity index (χ2v) is 6.46. The second-order valence-electron chi connectivity index (χ2n) is 3.30. The summed E-state index contributed by atoms with van der Waals surface area (Å²) in [5.74, 6) is 0.749. The van der Waals surface area contributed by atoms with Gasteiger partial charge in [-0.15, -0.1) is 0 Å². The fourth-order valence-corrected chi connectivity index (χ4v) is 2.84. The summed E-state index contributed by atoms with van der Waals surface area (Å²) in [6.07, 6.45) is 1.93. The van der Waals surface area contributed by atoms with Gasteiger partial charge in [0.15, 0.2) is 0 Å². The number of thioether (sulfide) groups is 1. The van der Waals surface area contributed by atoms with Gasteiger partial charge in [-0.25, -0.2) is 13.1 Å². The first kappa shape index (κ1) is 13.8. The fraction of sp³-hybridized carbons (Fsp3) is 0.400. The first-order chi connectivity index (χ1) is 7.47. The molecule has 0 atom stereocenters. The number of hydrogen-bond acceptors (Lipinski definition) is 3. The molecule has 0 fully saturated rings. The minimum Gasteiger partial charge on any atom is -0.210 e. The smallest absolute Gasteiger partial charge is 0.210 e. The highest BCUT2D eigenvalue weighted by Gasteiger charge is 2.13. The maximum absolute atomic E-state index is 11.8. The third kappa shape index (κ3) is 3.66. The van der Waals surface area contributed by atoms with Gasteiger partial charge in [-0.3, -0.25) is 0 Å². The van der Waals surface area contributed by atoms with Gasteiger partial charge in [0.2, 0.25) is 10.0 Å². The number of benzene rings is 1. The Labute approximate surface area is 106 Å². The van der Waals surface area contributed by atoms with Gasteiger partial charge in [0.05, 0.1) is 4.90 Å². The molecule has 0 heterocycles. The van der Waals surface area contributed by atoms with Gasteiger partial charge in [-0.1, -0.05) is 17.7 Å². The van der Waals surface area contributed by atoms with Crippen molar-refractivity contribution >= 4 is 33.4 Å². The normalized spacial score (nSPS) is 11.7. The Hall–Kier alpha value is -0.230. The van der Waals surface area contributed by atoms with Crippen LogP contribution in [0.3, 0.4) is 0 Å². The molecule has 0 saturated heterocycles. The maximum atomic E-state index is 11.8. The first-order valence-electron chi connectivity index (χ1n) is 4.72. The lowest BCUT2D eigenvalue weighted by molar-refractivity contribution is 0.584. The summed E-state index contributed by atoms with van der Waals surface area (Å²) in [4.78, 5) is 0.212. The molecule has 0 bridgehead atoms. The van der Waals surface area contributed by atoms with E-state index < -0.39 is 10.0 Å². The van der Waals surface area contributed by atoms with Crippen LogP contribution in [-0.2, 0) is 10.0 Å². The number of nitrogens with one attached hydrogen (secondary N) is 1. The van der Waals surface area contributed by atoms with Crippen LogP contribution in [0.2, 0.25) is 5.02 Å². The van der Waals surface area contributed by atoms with E-state index in [0.717, 1.165) is 11.3 Å². The van der Waals surface area contributed by atoms with Crippen molar-refractivity contribution in [2.75, 3.05) is 18.6 Å². The molecular formula is C10H14ClNO2S2. The standard InChI is InChI=1S/C10H14ClNO2S2/c1-8-3-4-9(7-10(8)11)16(13,14)12-5-6-15-2/h3-4,7,12H,5-6H2,1-2H3. The van der Waals surface area contributed by atoms with E-state index in [2.05, 4.69) is 4.72 Å². The molecule has 6 heteroatoms. The molecule has 1 aromatic carbocycles. The van der Waals surface area contributed by atoms with Crippen LogP contribution in [0.5, 0.6) is 0 Å². The van der Waals surface area contributed by atoms with Crippen LogP contribution < -0.4 is 4.72 Å². The summed E-state index contributed by atoms with van der Waals surface area (Å²) in [6, 6.07) is 4.73. The molecule has 16 heavy (non-hydrogen) atoms. The van der Waals surface area contributed by atoms with E-state index in [1.165, 1.54) is 6.07 Å². The molecule has 1 aromatic rings. The average Bonchev–Trinajstić information content (AvgIpc) is 2.22. The minimum atomic E-state index is -3.42. The Balaban J connectivity index is 2.86. The van der Waals surface area contributed by atoms with Crippen LogP contribution in [0.4, 0.5) is 0 Å². The largest absolute Gasteiger partial charge is 0.240 e. The molecule has 0 radical (unpaired) electrons. The third-order valence-corrected chi connectivity index (χ3v) is 4.53. The SMILES string of the molecule is CSCCNS(=O)(=O)c1ccc(C)c(Cl)c1. The third-order valence-electron chi connectivity index (χ3n) is 2.05. The molecule has 0 amide bonds. The van der Waals surface area contributed by atoms with Crippen molar-refractivity contribution in [2.24, 2.45) is 0 Å². The second kappa shape index (κ2) is 5.91. The Morgan fingerprint density at radius 2 is 2.12 bits per heavy atom. The molecule has 0 saturated carbocycles. The van der Waals surface area contributed by atoms with Crippen molar-refractivity contribution < 1.29 is 8.42 Å². The predicted octanol–water partition coefficient (Wildman–Crippen LogP) is 2.29. The van der Waals surface area contributed by atoms with Crippen LogP contribution in [0.25, 0.3) is 0 Å². The Morgan fingerprint density at radius 1 is 1.44 bits per heavy atom. The van der Waals surface area contributed by atoms with E-state index in [-0.39, 0.29) is 4.90 Å². The highest BCUT2D eigenvalue weighted by atomic mass is 35.5. The monoisotopic (exact) mass is 279 g/mol. The average molecular weight is 280 g/mol. The van der Waals surface area contributed by atoms with Crippen LogP contribution >= 0.6 is 23.4 Å². The predicted molar refractivity (Wildman–Crippen MR) is 69.8 cm³/mol. The lowest BCUT2D eigenvalue weighted by Crippen LogP contribution is -2.26. The lowest BCUT2D eigenvalue weighted by atomic mass is 10.2. The number of aryl methyl sites for hydroxylation is 1. The van der Waals surface area contributed by atoms with Gasteiger partial charge in [0, 0.05) is 17.3 Å². The summed E-state index contributed by atoms with van der Waals surface area (Å²) in [6.45, 7) is 2.26. The van der Waals surface area contributed by atoms with Gasteiger partial charge in [0.1, 0.15) is 0 Å². The van der Waals surface area contributed by atoms with Crippen LogP contribution in [-0.4, -0.2) is 27.0 Å². The quantitative estimate of drug-likeness (QED) is 0.841. The summed E-state index contributed by atoms with van der Waals surface area (Å²) >= 11 is 7.47. The van der Waals surface area contributed by atoms with E-state index in [9.17, 15) is 8.42 Å². The molecule has 1 N–H and O–H groups in total. The number of hydrogen-bond donors (Lipinski definition) is 1. The van der Waals surface area contributed by atoms with Gasteiger partial charge in [-0.2, -0.15) is 11.8 Å². The Bertz CT molecular complexity index is 460. The summed E-state index contributed by atoms with van der Waals surface area (Å²) in [5.41, 5.74) is 0.865. The molecule has 90 valence electrons. The number of halogens is 1. The van der Waals surface area contributed by atoms with Crippen molar-refractivity contribution in [3.8, 4) is 0 Å². The Kier molecular flexibility index (Phi) is 5.11. The zero-order chi connectivity index (χ0) is 12.2. The molecule has 0 spiro atoms. The van der Waals surface area contributed by atoms with Crippen molar-refractivity contribution in [1.82, 2.24) is 4.72 Å². The lowest BCUT2D eigenvalue weighted by Gasteiger charge is -2.07. The van der Waals surface area contributed by atoms with Crippen LogP contribution in [0.1, 0.15) is 5.56 Å². The first-order valence-corrected chi connectivity index (χ1v) is 7.97. The number of rotatable bonds is 5. The van der Waals surface area contributed by atoms with E-state index in [1.54, 1.807) is 23.9 Å². The maximum Gasteiger partial charge on any atom is 0.240 e. The molecule has 1 rings (SSSR count). The fourth-order valence-electron chi connectivity index (χ4n) is 1.10. The van der Waals surface area contributed by atoms with Crippen molar-refractivity contribution in [3.63, 3.8) is 0 Å². The summed E-state index contributed by atoms with van der Waals surface area (Å²) in [5, 5.41) is 0.466. The van der Waals surface area contributed by atoms with Crippen LogP contribution in [0, 0.1) is 6.92 Å². The minimum absolute atomic E-state index is 0.212. The molecule has 0 aliphatic rings. The van der Waals surface area contributed by atoms with Crippen LogP contribution in [0.15, 0.2) is 23.1 Å². The van der Waals surface area contributed by atoms with Gasteiger partial charge < -0.3 is 0 Å². The number of sulfonamides is 1. The molecule has 3 nitrogen and oxygen atoms in total. The van der Waals surface area contributed by atoms with Gasteiger partial charge >= 0.3 is 0 Å². The van der Waals surface area contributed by atoms with Crippen molar-refractivity contribution in [1.29, 1.82) is 0 Å². The van der Waals surface area contributed by atoms with Crippen molar-refractivity contribution in [3.05, 3.63) is 28.8 Å². The highest BCUT2D eigenvalue weighted by Crippen LogP contribution is 2.19.